The predicted molar refractivity (Wildman–Crippen MR) is 97.2 cm³/mol. The number of rotatable bonds is 3. The summed E-state index contributed by atoms with van der Waals surface area (Å²) in [5.41, 5.74) is -0.459. The van der Waals surface area contributed by atoms with E-state index in [9.17, 15) is 13.6 Å². The van der Waals surface area contributed by atoms with E-state index in [0.29, 0.717) is 50.8 Å². The van der Waals surface area contributed by atoms with Crippen LogP contribution in [0.15, 0.2) is 24.3 Å². The van der Waals surface area contributed by atoms with Crippen LogP contribution >= 0.6 is 0 Å². The van der Waals surface area contributed by atoms with Gasteiger partial charge in [0.1, 0.15) is 34.7 Å². The molecule has 0 radical (unpaired) electrons. The van der Waals surface area contributed by atoms with Crippen LogP contribution in [0.5, 0.6) is 0 Å². The number of amides is 1. The second kappa shape index (κ2) is 7.40. The maximum atomic E-state index is 13.8. The van der Waals surface area contributed by atoms with E-state index in [1.165, 1.54) is 12.1 Å². The van der Waals surface area contributed by atoms with Crippen molar-refractivity contribution in [3.05, 3.63) is 47.4 Å². The molecule has 7 nitrogen and oxygen atoms in total. The third-order valence-corrected chi connectivity index (χ3v) is 4.92. The molecule has 2 aliphatic rings. The van der Waals surface area contributed by atoms with Gasteiger partial charge in [-0.15, -0.1) is 0 Å². The van der Waals surface area contributed by atoms with Crippen LogP contribution in [0.2, 0.25) is 0 Å². The van der Waals surface area contributed by atoms with Crippen LogP contribution < -0.4 is 10.2 Å². The molecule has 1 aromatic carbocycles. The summed E-state index contributed by atoms with van der Waals surface area (Å²) in [6.45, 7) is 4.17. The molecule has 4 rings (SSSR count). The van der Waals surface area contributed by atoms with Crippen molar-refractivity contribution in [3.63, 3.8) is 0 Å². The highest BCUT2D eigenvalue weighted by Gasteiger charge is 2.40. The van der Waals surface area contributed by atoms with Crippen LogP contribution in [-0.4, -0.2) is 48.0 Å². The summed E-state index contributed by atoms with van der Waals surface area (Å²) in [7, 11) is 0. The highest BCUT2D eigenvalue weighted by molar-refractivity contribution is 6.03. The van der Waals surface area contributed by atoms with E-state index in [1.807, 2.05) is 4.90 Å². The number of anilines is 2. The van der Waals surface area contributed by atoms with Crippen LogP contribution in [-0.2, 0) is 9.47 Å². The molecule has 2 saturated heterocycles. The first-order chi connectivity index (χ1) is 13.5. The van der Waals surface area contributed by atoms with E-state index in [1.54, 1.807) is 6.92 Å². The number of hydrogen-bond donors (Lipinski definition) is 1. The van der Waals surface area contributed by atoms with Crippen LogP contribution in [0.25, 0.3) is 0 Å². The van der Waals surface area contributed by atoms with Gasteiger partial charge in [0.2, 0.25) is 0 Å². The zero-order valence-electron chi connectivity index (χ0n) is 15.4. The molecule has 2 aromatic rings. The number of carbonyl (C=O) groups excluding carboxylic acids is 1. The number of benzene rings is 1. The number of para-hydroxylation sites is 1. The maximum Gasteiger partial charge on any atom is 0.274 e. The maximum absolute atomic E-state index is 13.8. The van der Waals surface area contributed by atoms with Crippen molar-refractivity contribution in [1.82, 2.24) is 9.97 Å². The normalized spacial score (nSPS) is 18.5. The molecule has 1 spiro atoms. The average Bonchev–Trinajstić information content (AvgIpc) is 3.13. The van der Waals surface area contributed by atoms with Crippen molar-refractivity contribution >= 4 is 17.4 Å². The van der Waals surface area contributed by atoms with Crippen molar-refractivity contribution in [2.45, 2.75) is 25.6 Å². The molecule has 1 amide bonds. The van der Waals surface area contributed by atoms with Gasteiger partial charge in [0, 0.05) is 32.0 Å². The van der Waals surface area contributed by atoms with Crippen molar-refractivity contribution in [2.24, 2.45) is 0 Å². The van der Waals surface area contributed by atoms with E-state index in [2.05, 4.69) is 15.3 Å². The van der Waals surface area contributed by atoms with Gasteiger partial charge in [-0.1, -0.05) is 6.07 Å². The Hall–Kier alpha value is -2.65. The Morgan fingerprint density at radius 1 is 1.14 bits per heavy atom. The highest BCUT2D eigenvalue weighted by Crippen LogP contribution is 2.32. The van der Waals surface area contributed by atoms with E-state index in [4.69, 9.17) is 9.47 Å². The van der Waals surface area contributed by atoms with Gasteiger partial charge in [-0.05, 0) is 19.1 Å². The largest absolute Gasteiger partial charge is 0.356 e. The fraction of sp³-hybridized carbons (Fsp3) is 0.421. The number of nitrogens with zero attached hydrogens (tertiary/aromatic N) is 3. The Morgan fingerprint density at radius 2 is 1.79 bits per heavy atom. The lowest BCUT2D eigenvalue weighted by atomic mass is 10.0. The highest BCUT2D eigenvalue weighted by atomic mass is 19.1. The number of piperidine rings is 1. The molecule has 0 saturated carbocycles. The molecular weight excluding hydrogens is 370 g/mol. The monoisotopic (exact) mass is 390 g/mol. The Kier molecular flexibility index (Phi) is 4.94. The van der Waals surface area contributed by atoms with Gasteiger partial charge in [-0.2, -0.15) is 0 Å². The van der Waals surface area contributed by atoms with E-state index in [-0.39, 0.29) is 5.69 Å². The standard InChI is InChI=1S/C19H20F2N4O3/c1-12-22-15(18(26)24-17-13(20)3-2-4-14(17)21)11-16(23-12)25-7-5-19(6-8-25)27-9-10-28-19/h2-4,11H,5-10H2,1H3,(H,24,26). The Bertz CT molecular complexity index is 872. The van der Waals surface area contributed by atoms with Gasteiger partial charge in [0.05, 0.1) is 13.2 Å². The molecule has 0 bridgehead atoms. The summed E-state index contributed by atoms with van der Waals surface area (Å²) < 4.78 is 39.0. The molecular formula is C19H20F2N4O3. The minimum Gasteiger partial charge on any atom is -0.356 e. The summed E-state index contributed by atoms with van der Waals surface area (Å²) in [5.74, 6) is -1.94. The number of hydrogen-bond acceptors (Lipinski definition) is 6. The molecule has 148 valence electrons. The SMILES string of the molecule is Cc1nc(C(=O)Nc2c(F)cccc2F)cc(N2CCC3(CC2)OCCO3)n1. The van der Waals surface area contributed by atoms with Crippen LogP contribution in [0, 0.1) is 18.6 Å². The lowest BCUT2D eigenvalue weighted by Gasteiger charge is -2.38. The van der Waals surface area contributed by atoms with Crippen LogP contribution in [0.3, 0.4) is 0 Å². The summed E-state index contributed by atoms with van der Waals surface area (Å²) in [4.78, 5) is 23.0. The number of aromatic nitrogens is 2. The molecule has 0 atom stereocenters. The lowest BCUT2D eigenvalue weighted by Crippen LogP contribution is -2.45. The fourth-order valence-electron chi connectivity index (χ4n) is 3.49. The zero-order valence-corrected chi connectivity index (χ0v) is 15.4. The van der Waals surface area contributed by atoms with Crippen LogP contribution in [0.1, 0.15) is 29.2 Å². The minimum atomic E-state index is -0.850. The summed E-state index contributed by atoms with van der Waals surface area (Å²) in [6.07, 6.45) is 1.38. The molecule has 0 unspecified atom stereocenters. The third-order valence-electron chi connectivity index (χ3n) is 4.92. The van der Waals surface area contributed by atoms with E-state index < -0.39 is 29.0 Å². The first kappa shape index (κ1) is 18.7. The smallest absolute Gasteiger partial charge is 0.274 e. The van der Waals surface area contributed by atoms with Gasteiger partial charge in [-0.3, -0.25) is 4.79 Å². The second-order valence-corrected chi connectivity index (χ2v) is 6.80. The van der Waals surface area contributed by atoms with Gasteiger partial charge >= 0.3 is 0 Å². The lowest BCUT2D eigenvalue weighted by molar-refractivity contribution is -0.169. The molecule has 2 aliphatic heterocycles. The molecule has 28 heavy (non-hydrogen) atoms. The molecule has 1 aromatic heterocycles. The number of nitrogens with one attached hydrogen (secondary N) is 1. The Balaban J connectivity index is 1.52. The van der Waals surface area contributed by atoms with E-state index in [0.717, 1.165) is 12.1 Å². The molecule has 2 fully saturated rings. The number of aryl methyl sites for hydroxylation is 1. The summed E-state index contributed by atoms with van der Waals surface area (Å²) in [5, 5.41) is 2.25. The topological polar surface area (TPSA) is 76.6 Å². The van der Waals surface area contributed by atoms with Gasteiger partial charge in [0.25, 0.3) is 5.91 Å². The van der Waals surface area contributed by atoms with Crippen molar-refractivity contribution in [1.29, 1.82) is 0 Å². The first-order valence-electron chi connectivity index (χ1n) is 9.10. The molecule has 3 heterocycles. The van der Waals surface area contributed by atoms with Crippen molar-refractivity contribution in [2.75, 3.05) is 36.5 Å². The van der Waals surface area contributed by atoms with E-state index >= 15 is 0 Å². The molecule has 9 heteroatoms. The fourth-order valence-corrected chi connectivity index (χ4v) is 3.49. The first-order valence-corrected chi connectivity index (χ1v) is 9.10. The van der Waals surface area contributed by atoms with Gasteiger partial charge in [-0.25, -0.2) is 18.7 Å². The van der Waals surface area contributed by atoms with Crippen molar-refractivity contribution < 1.29 is 23.0 Å². The Morgan fingerprint density at radius 3 is 2.43 bits per heavy atom. The predicted octanol–water partition coefficient (Wildman–Crippen LogP) is 2.66. The number of ether oxygens (including phenoxy) is 2. The number of halogens is 2. The van der Waals surface area contributed by atoms with Crippen LogP contribution in [0.4, 0.5) is 20.3 Å². The average molecular weight is 390 g/mol. The van der Waals surface area contributed by atoms with Gasteiger partial charge < -0.3 is 19.7 Å². The second-order valence-electron chi connectivity index (χ2n) is 6.80. The van der Waals surface area contributed by atoms with Crippen molar-refractivity contribution in [3.8, 4) is 0 Å². The van der Waals surface area contributed by atoms with Gasteiger partial charge in [0.15, 0.2) is 5.79 Å². The third kappa shape index (κ3) is 3.67. The Labute approximate surface area is 160 Å². The minimum absolute atomic E-state index is 0.0406. The molecule has 0 aliphatic carbocycles. The quantitative estimate of drug-likeness (QED) is 0.868. The summed E-state index contributed by atoms with van der Waals surface area (Å²) >= 11 is 0. The number of carbonyl (C=O) groups is 1. The molecule has 1 N–H and O–H groups in total. The summed E-state index contributed by atoms with van der Waals surface area (Å²) in [6, 6.07) is 4.90. The zero-order chi connectivity index (χ0) is 19.7.